The maximum Gasteiger partial charge on any atom is 0.291 e. The van der Waals surface area contributed by atoms with Crippen LogP contribution < -0.4 is 10.6 Å². The Bertz CT molecular complexity index is 1170. The molecule has 0 spiro atoms. The predicted molar refractivity (Wildman–Crippen MR) is 121 cm³/mol. The number of anilines is 2. The first-order valence-corrected chi connectivity index (χ1v) is 10.4. The van der Waals surface area contributed by atoms with Crippen LogP contribution in [0.25, 0.3) is 10.8 Å². The van der Waals surface area contributed by atoms with Crippen molar-refractivity contribution in [1.29, 1.82) is 0 Å². The third kappa shape index (κ3) is 4.55. The monoisotopic (exact) mass is 416 g/mol. The standard InChI is InChI=1S/C24H20N2O3S/c1-16(23(27)26-21-9-4-7-17-6-2-3-8-20(17)21)30-19-13-11-18(12-14-19)25-24(28)22-10-5-15-29-22/h2-16H,1H3,(H,25,28)(H,26,27). The van der Waals surface area contributed by atoms with E-state index >= 15 is 0 Å². The molecule has 4 rings (SSSR count). The van der Waals surface area contributed by atoms with Crippen molar-refractivity contribution in [3.05, 3.63) is 90.9 Å². The second kappa shape index (κ2) is 8.88. The number of thioether (sulfide) groups is 1. The van der Waals surface area contributed by atoms with Gasteiger partial charge in [-0.2, -0.15) is 0 Å². The van der Waals surface area contributed by atoms with Gasteiger partial charge < -0.3 is 15.1 Å². The van der Waals surface area contributed by atoms with E-state index in [2.05, 4.69) is 10.6 Å². The number of amides is 2. The van der Waals surface area contributed by atoms with Crippen LogP contribution in [-0.4, -0.2) is 17.1 Å². The van der Waals surface area contributed by atoms with Gasteiger partial charge in [-0.15, -0.1) is 11.8 Å². The van der Waals surface area contributed by atoms with Crippen molar-refractivity contribution in [2.45, 2.75) is 17.1 Å². The Morgan fingerprint density at radius 2 is 1.63 bits per heavy atom. The summed E-state index contributed by atoms with van der Waals surface area (Å²) < 4.78 is 5.09. The second-order valence-corrected chi connectivity index (χ2v) is 8.15. The lowest BCUT2D eigenvalue weighted by molar-refractivity contribution is -0.115. The SMILES string of the molecule is CC(Sc1ccc(NC(=O)c2ccco2)cc1)C(=O)Nc1cccc2ccccc12. The molecule has 0 radical (unpaired) electrons. The van der Waals surface area contributed by atoms with Crippen molar-refractivity contribution in [3.8, 4) is 0 Å². The second-order valence-electron chi connectivity index (χ2n) is 6.73. The molecule has 30 heavy (non-hydrogen) atoms. The highest BCUT2D eigenvalue weighted by Gasteiger charge is 2.16. The Kier molecular flexibility index (Phi) is 5.86. The molecule has 2 N–H and O–H groups in total. The fourth-order valence-electron chi connectivity index (χ4n) is 3.04. The Labute approximate surface area is 178 Å². The van der Waals surface area contributed by atoms with Gasteiger partial charge in [-0.05, 0) is 54.8 Å². The topological polar surface area (TPSA) is 71.3 Å². The number of rotatable bonds is 6. The molecule has 0 aliphatic rings. The highest BCUT2D eigenvalue weighted by Crippen LogP contribution is 2.28. The van der Waals surface area contributed by atoms with Crippen molar-refractivity contribution in [3.63, 3.8) is 0 Å². The van der Waals surface area contributed by atoms with Crippen LogP contribution in [-0.2, 0) is 4.79 Å². The lowest BCUT2D eigenvalue weighted by Crippen LogP contribution is -2.22. The van der Waals surface area contributed by atoms with E-state index in [0.29, 0.717) is 5.69 Å². The van der Waals surface area contributed by atoms with Crippen LogP contribution in [0.5, 0.6) is 0 Å². The molecule has 1 heterocycles. The average molecular weight is 417 g/mol. The van der Waals surface area contributed by atoms with Crippen LogP contribution in [0.15, 0.2) is 94.4 Å². The molecule has 0 saturated carbocycles. The Morgan fingerprint density at radius 3 is 2.40 bits per heavy atom. The molecule has 4 aromatic rings. The van der Waals surface area contributed by atoms with Gasteiger partial charge in [-0.1, -0.05) is 36.4 Å². The smallest absolute Gasteiger partial charge is 0.291 e. The van der Waals surface area contributed by atoms with Crippen LogP contribution in [0.4, 0.5) is 11.4 Å². The van der Waals surface area contributed by atoms with Crippen molar-refractivity contribution in [2.75, 3.05) is 10.6 Å². The molecular weight excluding hydrogens is 396 g/mol. The Balaban J connectivity index is 1.37. The third-order valence-electron chi connectivity index (χ3n) is 4.59. The molecule has 3 aromatic carbocycles. The van der Waals surface area contributed by atoms with Crippen LogP contribution in [0.3, 0.4) is 0 Å². The minimum atomic E-state index is -0.303. The highest BCUT2D eigenvalue weighted by molar-refractivity contribution is 8.00. The highest BCUT2D eigenvalue weighted by atomic mass is 32.2. The third-order valence-corrected chi connectivity index (χ3v) is 5.70. The van der Waals surface area contributed by atoms with E-state index in [9.17, 15) is 9.59 Å². The van der Waals surface area contributed by atoms with Crippen molar-refractivity contribution < 1.29 is 14.0 Å². The zero-order valence-corrected chi connectivity index (χ0v) is 17.1. The van der Waals surface area contributed by atoms with Gasteiger partial charge in [0.25, 0.3) is 5.91 Å². The number of hydrogen-bond donors (Lipinski definition) is 2. The summed E-state index contributed by atoms with van der Waals surface area (Å²) in [5.74, 6) is -0.109. The molecule has 2 amide bonds. The fraction of sp³-hybridized carbons (Fsp3) is 0.0833. The van der Waals surface area contributed by atoms with E-state index < -0.39 is 0 Å². The zero-order valence-electron chi connectivity index (χ0n) is 16.3. The van der Waals surface area contributed by atoms with Gasteiger partial charge in [0.15, 0.2) is 5.76 Å². The van der Waals surface area contributed by atoms with Crippen LogP contribution in [0.2, 0.25) is 0 Å². The lowest BCUT2D eigenvalue weighted by atomic mass is 10.1. The normalized spacial score (nSPS) is 11.8. The fourth-order valence-corrected chi connectivity index (χ4v) is 3.91. The summed E-state index contributed by atoms with van der Waals surface area (Å²) in [6, 6.07) is 24.5. The Hall–Kier alpha value is -3.51. The van der Waals surface area contributed by atoms with Crippen molar-refractivity contribution in [1.82, 2.24) is 0 Å². The summed E-state index contributed by atoms with van der Waals surface area (Å²) in [7, 11) is 0. The molecule has 150 valence electrons. The number of carbonyl (C=O) groups excluding carboxylic acids is 2. The molecule has 1 aromatic heterocycles. The molecule has 1 atom stereocenters. The van der Waals surface area contributed by atoms with E-state index in [1.165, 1.54) is 18.0 Å². The molecule has 0 aliphatic carbocycles. The van der Waals surface area contributed by atoms with Gasteiger partial charge in [0.2, 0.25) is 5.91 Å². The maximum atomic E-state index is 12.7. The van der Waals surface area contributed by atoms with E-state index in [1.54, 1.807) is 24.3 Å². The van der Waals surface area contributed by atoms with Gasteiger partial charge in [-0.3, -0.25) is 9.59 Å². The molecule has 0 saturated heterocycles. The van der Waals surface area contributed by atoms with Gasteiger partial charge in [0.05, 0.1) is 11.5 Å². The quantitative estimate of drug-likeness (QED) is 0.390. The van der Waals surface area contributed by atoms with E-state index in [1.807, 2.05) is 61.5 Å². The molecule has 0 bridgehead atoms. The van der Waals surface area contributed by atoms with Gasteiger partial charge in [0.1, 0.15) is 0 Å². The first-order chi connectivity index (χ1) is 14.6. The minimum Gasteiger partial charge on any atom is -0.459 e. The summed E-state index contributed by atoms with van der Waals surface area (Å²) in [6.45, 7) is 1.87. The molecular formula is C24H20N2O3S. The van der Waals surface area contributed by atoms with Gasteiger partial charge >= 0.3 is 0 Å². The molecule has 0 aliphatic heterocycles. The molecule has 1 unspecified atom stereocenters. The number of nitrogens with one attached hydrogen (secondary N) is 2. The number of furan rings is 1. The summed E-state index contributed by atoms with van der Waals surface area (Å²) >= 11 is 1.46. The van der Waals surface area contributed by atoms with E-state index in [4.69, 9.17) is 4.42 Å². The van der Waals surface area contributed by atoms with E-state index in [0.717, 1.165) is 21.4 Å². The molecule has 6 heteroatoms. The maximum absolute atomic E-state index is 12.7. The van der Waals surface area contributed by atoms with Crippen LogP contribution >= 0.6 is 11.8 Å². The summed E-state index contributed by atoms with van der Waals surface area (Å²) in [5.41, 5.74) is 1.47. The minimum absolute atomic E-state index is 0.0634. The Morgan fingerprint density at radius 1 is 0.867 bits per heavy atom. The number of fused-ring (bicyclic) bond motifs is 1. The lowest BCUT2D eigenvalue weighted by Gasteiger charge is -2.14. The number of benzene rings is 3. The van der Waals surface area contributed by atoms with E-state index in [-0.39, 0.29) is 22.8 Å². The number of hydrogen-bond acceptors (Lipinski definition) is 4. The summed E-state index contributed by atoms with van der Waals surface area (Å²) in [4.78, 5) is 25.7. The van der Waals surface area contributed by atoms with Gasteiger partial charge in [0, 0.05) is 21.7 Å². The van der Waals surface area contributed by atoms with Crippen molar-refractivity contribution >= 4 is 45.7 Å². The largest absolute Gasteiger partial charge is 0.459 e. The number of carbonyl (C=O) groups is 2. The zero-order chi connectivity index (χ0) is 20.9. The summed E-state index contributed by atoms with van der Waals surface area (Å²) in [6.07, 6.45) is 1.46. The first-order valence-electron chi connectivity index (χ1n) is 9.50. The summed E-state index contributed by atoms with van der Waals surface area (Å²) in [5, 5.41) is 7.62. The van der Waals surface area contributed by atoms with Crippen molar-refractivity contribution in [2.24, 2.45) is 0 Å². The van der Waals surface area contributed by atoms with Gasteiger partial charge in [-0.25, -0.2) is 0 Å². The van der Waals surface area contributed by atoms with Crippen LogP contribution in [0.1, 0.15) is 17.5 Å². The average Bonchev–Trinajstić information content (AvgIpc) is 3.30. The predicted octanol–water partition coefficient (Wildman–Crippen LogP) is 5.80. The molecule has 0 fully saturated rings. The van der Waals surface area contributed by atoms with Crippen LogP contribution in [0, 0.1) is 0 Å². The molecule has 5 nitrogen and oxygen atoms in total. The first kappa shape index (κ1) is 19.8.